The second-order valence-electron chi connectivity index (χ2n) is 4.69. The molecule has 1 aromatic carbocycles. The summed E-state index contributed by atoms with van der Waals surface area (Å²) in [7, 11) is 1.41. The van der Waals surface area contributed by atoms with Crippen molar-refractivity contribution in [1.82, 2.24) is 5.32 Å². The van der Waals surface area contributed by atoms with Crippen LogP contribution in [0.1, 0.15) is 19.4 Å². The highest BCUT2D eigenvalue weighted by molar-refractivity contribution is 5.93. The number of methoxy groups -OCH3 is 1. The topological polar surface area (TPSA) is 111 Å². The van der Waals surface area contributed by atoms with Gasteiger partial charge in [0.1, 0.15) is 11.8 Å². The summed E-state index contributed by atoms with van der Waals surface area (Å²) in [4.78, 5) is 22.9. The molecule has 1 rings (SSSR count). The number of urea groups is 1. The first-order valence-corrected chi connectivity index (χ1v) is 6.27. The lowest BCUT2D eigenvalue weighted by Gasteiger charge is -2.18. The van der Waals surface area contributed by atoms with Gasteiger partial charge in [-0.05, 0) is 18.1 Å². The molecule has 7 nitrogen and oxygen atoms in total. The third kappa shape index (κ3) is 4.38. The van der Waals surface area contributed by atoms with Crippen molar-refractivity contribution in [3.8, 4) is 11.8 Å². The number of amides is 2. The smallest absolute Gasteiger partial charge is 0.326 e. The number of carboxylic acid groups (broad SMARTS) is 1. The normalized spacial score (nSPS) is 11.4. The average molecular weight is 291 g/mol. The molecule has 21 heavy (non-hydrogen) atoms. The van der Waals surface area contributed by atoms with Crippen LogP contribution in [0, 0.1) is 17.2 Å². The van der Waals surface area contributed by atoms with Crippen LogP contribution < -0.4 is 15.4 Å². The lowest BCUT2D eigenvalue weighted by molar-refractivity contribution is -0.140. The Balaban J connectivity index is 2.84. The first-order valence-electron chi connectivity index (χ1n) is 6.27. The number of carbonyl (C=O) groups is 2. The van der Waals surface area contributed by atoms with Crippen LogP contribution in [0.25, 0.3) is 0 Å². The van der Waals surface area contributed by atoms with Crippen LogP contribution in [0.15, 0.2) is 18.2 Å². The number of nitrogens with one attached hydrogen (secondary N) is 2. The van der Waals surface area contributed by atoms with Crippen molar-refractivity contribution in [2.45, 2.75) is 19.9 Å². The zero-order chi connectivity index (χ0) is 16.0. The van der Waals surface area contributed by atoms with Crippen LogP contribution >= 0.6 is 0 Å². The summed E-state index contributed by atoms with van der Waals surface area (Å²) >= 11 is 0. The molecule has 0 aromatic heterocycles. The van der Waals surface area contributed by atoms with E-state index in [1.807, 2.05) is 6.07 Å². The summed E-state index contributed by atoms with van der Waals surface area (Å²) in [6.45, 7) is 3.39. The predicted octanol–water partition coefficient (Wildman–Crippen LogP) is 1.80. The van der Waals surface area contributed by atoms with Crippen LogP contribution in [0.3, 0.4) is 0 Å². The van der Waals surface area contributed by atoms with E-state index in [-0.39, 0.29) is 5.92 Å². The summed E-state index contributed by atoms with van der Waals surface area (Å²) in [5, 5.41) is 22.7. The van der Waals surface area contributed by atoms with Gasteiger partial charge in [-0.25, -0.2) is 9.59 Å². The number of carboxylic acids is 1. The Kier molecular flexibility index (Phi) is 5.55. The van der Waals surface area contributed by atoms with Crippen LogP contribution in [-0.4, -0.2) is 30.3 Å². The zero-order valence-electron chi connectivity index (χ0n) is 12.0. The van der Waals surface area contributed by atoms with E-state index < -0.39 is 18.0 Å². The molecule has 0 aliphatic heterocycles. The largest absolute Gasteiger partial charge is 0.495 e. The minimum absolute atomic E-state index is 0.254. The first kappa shape index (κ1) is 16.3. The van der Waals surface area contributed by atoms with Crippen molar-refractivity contribution in [3.63, 3.8) is 0 Å². The quantitative estimate of drug-likeness (QED) is 0.765. The van der Waals surface area contributed by atoms with Crippen LogP contribution in [0.5, 0.6) is 5.75 Å². The number of nitrogens with zero attached hydrogens (tertiary/aromatic N) is 1. The highest BCUT2D eigenvalue weighted by atomic mass is 16.5. The SMILES string of the molecule is COc1cc(C#N)ccc1NC(=O)NC(C(=O)O)C(C)C. The Bertz CT molecular complexity index is 578. The molecule has 0 aliphatic carbocycles. The molecular weight excluding hydrogens is 274 g/mol. The molecule has 1 aromatic rings. The van der Waals surface area contributed by atoms with Crippen LogP contribution in [0.4, 0.5) is 10.5 Å². The highest BCUT2D eigenvalue weighted by Crippen LogP contribution is 2.25. The second kappa shape index (κ2) is 7.14. The van der Waals surface area contributed by atoms with Crippen molar-refractivity contribution < 1.29 is 19.4 Å². The van der Waals surface area contributed by atoms with E-state index >= 15 is 0 Å². The monoisotopic (exact) mass is 291 g/mol. The lowest BCUT2D eigenvalue weighted by atomic mass is 10.1. The Morgan fingerprint density at radius 2 is 2.05 bits per heavy atom. The molecule has 112 valence electrons. The van der Waals surface area contributed by atoms with Gasteiger partial charge >= 0.3 is 12.0 Å². The van der Waals surface area contributed by atoms with E-state index in [0.29, 0.717) is 17.0 Å². The molecule has 0 radical (unpaired) electrons. The van der Waals surface area contributed by atoms with Gasteiger partial charge in [0.25, 0.3) is 0 Å². The molecule has 2 amide bonds. The number of aliphatic carboxylic acids is 1. The third-order valence-corrected chi connectivity index (χ3v) is 2.80. The van der Waals surface area contributed by atoms with Crippen molar-refractivity contribution >= 4 is 17.7 Å². The van der Waals surface area contributed by atoms with Gasteiger partial charge in [-0.3, -0.25) is 0 Å². The minimum Gasteiger partial charge on any atom is -0.495 e. The van der Waals surface area contributed by atoms with Gasteiger partial charge < -0.3 is 20.5 Å². The van der Waals surface area contributed by atoms with E-state index in [2.05, 4.69) is 10.6 Å². The predicted molar refractivity (Wildman–Crippen MR) is 76.1 cm³/mol. The highest BCUT2D eigenvalue weighted by Gasteiger charge is 2.23. The van der Waals surface area contributed by atoms with E-state index in [1.165, 1.54) is 25.3 Å². The first-order chi connectivity index (χ1) is 9.88. The third-order valence-electron chi connectivity index (χ3n) is 2.80. The number of anilines is 1. The standard InChI is InChI=1S/C14H17N3O4/c1-8(2)12(13(18)19)17-14(20)16-10-5-4-9(7-15)6-11(10)21-3/h4-6,8,12H,1-3H3,(H,18,19)(H2,16,17,20). The Morgan fingerprint density at radius 1 is 1.38 bits per heavy atom. The van der Waals surface area contributed by atoms with Crippen molar-refractivity contribution in [1.29, 1.82) is 5.26 Å². The number of hydrogen-bond acceptors (Lipinski definition) is 4. The number of rotatable bonds is 5. The molecule has 0 heterocycles. The summed E-state index contributed by atoms with van der Waals surface area (Å²) in [5.74, 6) is -1.04. The number of ether oxygens (including phenoxy) is 1. The van der Waals surface area contributed by atoms with E-state index in [1.54, 1.807) is 13.8 Å². The molecule has 0 fully saturated rings. The Morgan fingerprint density at radius 3 is 2.52 bits per heavy atom. The Hall–Kier alpha value is -2.75. The number of benzene rings is 1. The summed E-state index contributed by atoms with van der Waals surface area (Å²) < 4.78 is 5.08. The molecule has 1 unspecified atom stereocenters. The van der Waals surface area contributed by atoms with E-state index in [9.17, 15) is 9.59 Å². The fourth-order valence-corrected chi connectivity index (χ4v) is 1.68. The van der Waals surface area contributed by atoms with Gasteiger partial charge in [-0.2, -0.15) is 5.26 Å². The molecule has 0 aliphatic rings. The Labute approximate surface area is 122 Å². The van der Waals surface area contributed by atoms with E-state index in [0.717, 1.165) is 0 Å². The molecule has 0 saturated carbocycles. The maximum atomic E-state index is 11.8. The van der Waals surface area contributed by atoms with Gasteiger partial charge in [0.2, 0.25) is 0 Å². The summed E-state index contributed by atoms with van der Waals surface area (Å²) in [5.41, 5.74) is 0.741. The average Bonchev–Trinajstić information content (AvgIpc) is 2.44. The maximum absolute atomic E-state index is 11.8. The second-order valence-corrected chi connectivity index (χ2v) is 4.69. The van der Waals surface area contributed by atoms with Gasteiger partial charge in [0, 0.05) is 6.07 Å². The van der Waals surface area contributed by atoms with Crippen molar-refractivity contribution in [2.24, 2.45) is 5.92 Å². The molecule has 0 saturated heterocycles. The number of hydrogen-bond donors (Lipinski definition) is 3. The zero-order valence-corrected chi connectivity index (χ0v) is 12.0. The van der Waals surface area contributed by atoms with Crippen LogP contribution in [-0.2, 0) is 4.79 Å². The molecular formula is C14H17N3O4. The summed E-state index contributed by atoms with van der Waals surface area (Å²) in [6.07, 6.45) is 0. The van der Waals surface area contributed by atoms with Gasteiger partial charge in [0.05, 0.1) is 24.4 Å². The van der Waals surface area contributed by atoms with Crippen molar-refractivity contribution in [2.75, 3.05) is 12.4 Å². The molecule has 3 N–H and O–H groups in total. The van der Waals surface area contributed by atoms with Crippen LogP contribution in [0.2, 0.25) is 0 Å². The van der Waals surface area contributed by atoms with Gasteiger partial charge in [-0.1, -0.05) is 13.8 Å². The maximum Gasteiger partial charge on any atom is 0.326 e. The molecule has 1 atom stereocenters. The fraction of sp³-hybridized carbons (Fsp3) is 0.357. The number of nitriles is 1. The van der Waals surface area contributed by atoms with Gasteiger partial charge in [0.15, 0.2) is 0 Å². The van der Waals surface area contributed by atoms with Gasteiger partial charge in [-0.15, -0.1) is 0 Å². The number of carbonyl (C=O) groups excluding carboxylic acids is 1. The molecule has 0 bridgehead atoms. The van der Waals surface area contributed by atoms with E-state index in [4.69, 9.17) is 15.1 Å². The molecule has 0 spiro atoms. The molecule has 7 heteroatoms. The summed E-state index contributed by atoms with van der Waals surface area (Å²) in [6, 6.07) is 4.83. The fourth-order valence-electron chi connectivity index (χ4n) is 1.68. The lowest BCUT2D eigenvalue weighted by Crippen LogP contribution is -2.46. The van der Waals surface area contributed by atoms with Crippen molar-refractivity contribution in [3.05, 3.63) is 23.8 Å². The minimum atomic E-state index is -1.10.